The molecule has 3 aromatic heterocycles. The number of morpholine rings is 1. The van der Waals surface area contributed by atoms with Crippen LogP contribution in [0.3, 0.4) is 0 Å². The molecule has 12 heteroatoms. The van der Waals surface area contributed by atoms with Gasteiger partial charge in [-0.3, -0.25) is 4.79 Å². The molecule has 1 aliphatic rings. The molecule has 0 saturated carbocycles. The van der Waals surface area contributed by atoms with Crippen molar-refractivity contribution in [2.75, 3.05) is 36.5 Å². The number of alkyl halides is 3. The third kappa shape index (κ3) is 5.28. The molecule has 1 N–H and O–H groups in total. The highest BCUT2D eigenvalue weighted by Crippen LogP contribution is 2.36. The van der Waals surface area contributed by atoms with Gasteiger partial charge in [-0.25, -0.2) is 18.9 Å². The van der Waals surface area contributed by atoms with Crippen LogP contribution in [0.1, 0.15) is 21.5 Å². The van der Waals surface area contributed by atoms with Crippen molar-refractivity contribution in [1.29, 1.82) is 0 Å². The maximum Gasteiger partial charge on any atom is 0.416 e. The van der Waals surface area contributed by atoms with Crippen LogP contribution in [0.25, 0.3) is 28.2 Å². The van der Waals surface area contributed by atoms with Crippen LogP contribution < -0.4 is 10.2 Å². The monoisotopic (exact) mass is 576 g/mol. The molecule has 1 aliphatic heterocycles. The van der Waals surface area contributed by atoms with E-state index in [1.165, 1.54) is 24.4 Å². The van der Waals surface area contributed by atoms with Gasteiger partial charge >= 0.3 is 6.18 Å². The van der Waals surface area contributed by atoms with Gasteiger partial charge in [0.2, 0.25) is 0 Å². The van der Waals surface area contributed by atoms with Gasteiger partial charge in [0.25, 0.3) is 5.91 Å². The Kier molecular flexibility index (Phi) is 7.07. The van der Waals surface area contributed by atoms with Crippen LogP contribution >= 0.6 is 0 Å². The number of amides is 1. The summed E-state index contributed by atoms with van der Waals surface area (Å²) < 4.78 is 60.9. The van der Waals surface area contributed by atoms with Gasteiger partial charge in [-0.2, -0.15) is 18.3 Å². The minimum atomic E-state index is -4.58. The molecule has 1 fully saturated rings. The lowest BCUT2D eigenvalue weighted by Crippen LogP contribution is -2.36. The van der Waals surface area contributed by atoms with Crippen molar-refractivity contribution >= 4 is 23.1 Å². The fraction of sp³-hybridized carbons (Fsp3) is 0.200. The standard InChI is InChI=1S/C30H24F4N6O2/c1-18-15-19(5-6-23(18)31)26-27(40-28(38-26)24(8-10-36-40)39-11-13-42-14-12-39)20-7-9-35-25(17-20)37-29(41)21-3-2-4-22(16-21)30(32,33)34/h2-10,15-17H,11-14H2,1H3,(H,35,37,41). The molecule has 6 rings (SSSR count). The molecule has 1 saturated heterocycles. The highest BCUT2D eigenvalue weighted by atomic mass is 19.4. The number of pyridine rings is 1. The van der Waals surface area contributed by atoms with Crippen molar-refractivity contribution in [3.8, 4) is 22.5 Å². The van der Waals surface area contributed by atoms with E-state index in [1.54, 1.807) is 41.9 Å². The Morgan fingerprint density at radius 1 is 0.976 bits per heavy atom. The number of imidazole rings is 1. The number of hydrogen-bond acceptors (Lipinski definition) is 6. The summed E-state index contributed by atoms with van der Waals surface area (Å²) in [5.41, 5.74) is 3.14. The number of halogens is 4. The Balaban J connectivity index is 1.44. The van der Waals surface area contributed by atoms with Gasteiger partial charge < -0.3 is 15.0 Å². The van der Waals surface area contributed by atoms with Crippen molar-refractivity contribution in [2.24, 2.45) is 0 Å². The first-order valence-corrected chi connectivity index (χ1v) is 13.1. The summed E-state index contributed by atoms with van der Waals surface area (Å²) >= 11 is 0. The molecule has 2 aromatic carbocycles. The van der Waals surface area contributed by atoms with Gasteiger partial charge in [0, 0.05) is 36.0 Å². The highest BCUT2D eigenvalue weighted by molar-refractivity contribution is 6.04. The summed E-state index contributed by atoms with van der Waals surface area (Å²) in [6, 6.07) is 14.1. The Hall–Kier alpha value is -4.84. The zero-order valence-electron chi connectivity index (χ0n) is 22.3. The molecular weight excluding hydrogens is 552 g/mol. The largest absolute Gasteiger partial charge is 0.416 e. The summed E-state index contributed by atoms with van der Waals surface area (Å²) in [6.07, 6.45) is -1.44. The second-order valence-corrected chi connectivity index (χ2v) is 9.79. The number of benzene rings is 2. The van der Waals surface area contributed by atoms with E-state index in [-0.39, 0.29) is 17.2 Å². The summed E-state index contributed by atoms with van der Waals surface area (Å²) in [5, 5.41) is 7.16. The van der Waals surface area contributed by atoms with Crippen LogP contribution in [-0.4, -0.2) is 51.8 Å². The first-order chi connectivity index (χ1) is 20.2. The molecule has 0 atom stereocenters. The number of rotatable bonds is 5. The smallest absolute Gasteiger partial charge is 0.378 e. The predicted octanol–water partition coefficient (Wildman–Crippen LogP) is 6.01. The maximum absolute atomic E-state index is 14.2. The SMILES string of the molecule is Cc1cc(-c2nc3c(N4CCOCC4)ccnn3c2-c2ccnc(NC(=O)c3cccc(C(F)(F)F)c3)c2)ccc1F. The third-order valence-electron chi connectivity index (χ3n) is 7.01. The number of nitrogens with one attached hydrogen (secondary N) is 1. The van der Waals surface area contributed by atoms with E-state index in [2.05, 4.69) is 20.3 Å². The fourth-order valence-electron chi connectivity index (χ4n) is 4.91. The fourth-order valence-corrected chi connectivity index (χ4v) is 4.91. The lowest BCUT2D eigenvalue weighted by Gasteiger charge is -2.28. The lowest BCUT2D eigenvalue weighted by atomic mass is 10.0. The summed E-state index contributed by atoms with van der Waals surface area (Å²) in [7, 11) is 0. The Morgan fingerprint density at radius 2 is 1.79 bits per heavy atom. The number of aryl methyl sites for hydroxylation is 1. The number of aromatic nitrogens is 4. The third-order valence-corrected chi connectivity index (χ3v) is 7.01. The van der Waals surface area contributed by atoms with Crippen LogP contribution in [0.4, 0.5) is 29.1 Å². The van der Waals surface area contributed by atoms with Crippen molar-refractivity contribution in [1.82, 2.24) is 19.6 Å². The zero-order chi connectivity index (χ0) is 29.4. The molecule has 42 heavy (non-hydrogen) atoms. The first-order valence-electron chi connectivity index (χ1n) is 13.1. The zero-order valence-corrected chi connectivity index (χ0v) is 22.3. The Labute approximate surface area is 237 Å². The number of fused-ring (bicyclic) bond motifs is 1. The minimum absolute atomic E-state index is 0.121. The molecule has 0 spiro atoms. The van der Waals surface area contributed by atoms with Gasteiger partial charge in [-0.15, -0.1) is 0 Å². The number of carbonyl (C=O) groups excluding carboxylic acids is 1. The van der Waals surface area contributed by atoms with Crippen LogP contribution in [0.2, 0.25) is 0 Å². The second kappa shape index (κ2) is 10.9. The summed E-state index contributed by atoms with van der Waals surface area (Å²) in [5.74, 6) is -0.971. The van der Waals surface area contributed by atoms with E-state index in [0.717, 1.165) is 17.8 Å². The summed E-state index contributed by atoms with van der Waals surface area (Å²) in [4.78, 5) is 24.2. The van der Waals surface area contributed by atoms with Crippen molar-refractivity contribution in [2.45, 2.75) is 13.1 Å². The van der Waals surface area contributed by atoms with Crippen molar-refractivity contribution in [3.05, 3.63) is 95.6 Å². The molecule has 1 amide bonds. The molecule has 0 unspecified atom stereocenters. The molecule has 8 nitrogen and oxygen atoms in total. The van der Waals surface area contributed by atoms with Gasteiger partial charge in [-0.1, -0.05) is 6.07 Å². The lowest BCUT2D eigenvalue weighted by molar-refractivity contribution is -0.137. The topological polar surface area (TPSA) is 84.7 Å². The van der Waals surface area contributed by atoms with Gasteiger partial charge in [-0.05, 0) is 67.1 Å². The molecule has 5 aromatic rings. The molecular formula is C30H24F4N6O2. The van der Waals surface area contributed by atoms with Gasteiger partial charge in [0.05, 0.1) is 36.4 Å². The number of carbonyl (C=O) groups is 1. The second-order valence-electron chi connectivity index (χ2n) is 9.79. The molecule has 0 aliphatic carbocycles. The van der Waals surface area contributed by atoms with Crippen molar-refractivity contribution < 1.29 is 27.1 Å². The van der Waals surface area contributed by atoms with Crippen molar-refractivity contribution in [3.63, 3.8) is 0 Å². The van der Waals surface area contributed by atoms with E-state index in [0.29, 0.717) is 60.0 Å². The Bertz CT molecular complexity index is 1800. The van der Waals surface area contributed by atoms with Crippen LogP contribution in [0.5, 0.6) is 0 Å². The quantitative estimate of drug-likeness (QED) is 0.258. The average molecular weight is 577 g/mol. The van der Waals surface area contributed by atoms with Gasteiger partial charge in [0.1, 0.15) is 17.3 Å². The molecule has 0 bridgehead atoms. The van der Waals surface area contributed by atoms with E-state index < -0.39 is 17.6 Å². The van der Waals surface area contributed by atoms with E-state index in [1.807, 2.05) is 6.07 Å². The molecule has 214 valence electrons. The van der Waals surface area contributed by atoms with E-state index in [4.69, 9.17) is 9.72 Å². The predicted molar refractivity (Wildman–Crippen MR) is 149 cm³/mol. The number of ether oxygens (including phenoxy) is 1. The van der Waals surface area contributed by atoms with Crippen LogP contribution in [-0.2, 0) is 10.9 Å². The molecule has 0 radical (unpaired) electrons. The normalized spacial score (nSPS) is 13.9. The number of anilines is 2. The molecule has 4 heterocycles. The minimum Gasteiger partial charge on any atom is -0.378 e. The number of nitrogens with zero attached hydrogens (tertiary/aromatic N) is 5. The number of hydrogen-bond donors (Lipinski definition) is 1. The average Bonchev–Trinajstić information content (AvgIpc) is 3.39. The maximum atomic E-state index is 14.2. The van der Waals surface area contributed by atoms with E-state index >= 15 is 0 Å². The first kappa shape index (κ1) is 27.3. The highest BCUT2D eigenvalue weighted by Gasteiger charge is 2.31. The summed E-state index contributed by atoms with van der Waals surface area (Å²) in [6.45, 7) is 4.16. The Morgan fingerprint density at radius 3 is 2.55 bits per heavy atom. The van der Waals surface area contributed by atoms with Crippen LogP contribution in [0.15, 0.2) is 73.1 Å². The van der Waals surface area contributed by atoms with Crippen LogP contribution in [0, 0.1) is 12.7 Å². The van der Waals surface area contributed by atoms with Gasteiger partial charge in [0.15, 0.2) is 5.65 Å². The van der Waals surface area contributed by atoms with E-state index in [9.17, 15) is 22.4 Å².